The second-order valence-corrected chi connectivity index (χ2v) is 5.85. The summed E-state index contributed by atoms with van der Waals surface area (Å²) in [5.74, 6) is -0.0848. The van der Waals surface area contributed by atoms with E-state index in [1.54, 1.807) is 6.07 Å². The Balaban J connectivity index is 2.11. The Morgan fingerprint density at radius 1 is 1.00 bits per heavy atom. The molecule has 0 aromatic heterocycles. The van der Waals surface area contributed by atoms with E-state index in [1.807, 2.05) is 31.3 Å². The smallest absolute Gasteiger partial charge is 0.0843 e. The van der Waals surface area contributed by atoms with Crippen molar-refractivity contribution in [2.75, 3.05) is 7.05 Å². The maximum absolute atomic E-state index is 10.6. The summed E-state index contributed by atoms with van der Waals surface area (Å²) in [6, 6.07) is 13.6. The average molecular weight is 308 g/mol. The minimum absolute atomic E-state index is 0.0642. The number of aliphatic hydroxyl groups excluding tert-OH is 1. The molecule has 20 heavy (non-hydrogen) atoms. The first-order valence-corrected chi connectivity index (χ1v) is 7.28. The van der Waals surface area contributed by atoms with Gasteiger partial charge in [0, 0.05) is 5.92 Å². The van der Waals surface area contributed by atoms with E-state index in [4.69, 9.17) is 23.2 Å². The minimum Gasteiger partial charge on any atom is -0.390 e. The highest BCUT2D eigenvalue weighted by Crippen LogP contribution is 2.44. The summed E-state index contributed by atoms with van der Waals surface area (Å²) in [6.07, 6.45) is -0.519. The topological polar surface area (TPSA) is 32.3 Å². The van der Waals surface area contributed by atoms with E-state index in [1.165, 1.54) is 0 Å². The second kappa shape index (κ2) is 5.38. The Kier molecular flexibility index (Phi) is 3.74. The Hall–Kier alpha value is -1.06. The summed E-state index contributed by atoms with van der Waals surface area (Å²) < 4.78 is 0. The highest BCUT2D eigenvalue weighted by atomic mass is 35.5. The molecule has 0 aliphatic heterocycles. The van der Waals surface area contributed by atoms with E-state index in [-0.39, 0.29) is 12.0 Å². The van der Waals surface area contributed by atoms with Crippen molar-refractivity contribution >= 4 is 23.2 Å². The van der Waals surface area contributed by atoms with Gasteiger partial charge in [-0.2, -0.15) is 0 Å². The third kappa shape index (κ3) is 2.13. The summed E-state index contributed by atoms with van der Waals surface area (Å²) in [5.41, 5.74) is 3.26. The largest absolute Gasteiger partial charge is 0.390 e. The van der Waals surface area contributed by atoms with Gasteiger partial charge in [-0.05, 0) is 35.9 Å². The van der Waals surface area contributed by atoms with Crippen LogP contribution in [0.4, 0.5) is 0 Å². The van der Waals surface area contributed by atoms with Crippen LogP contribution in [-0.2, 0) is 0 Å². The standard InChI is InChI=1S/C16H15Cl2NO/c1-19-15-11-5-3-2-4-10(11)14(16(15)20)9-6-7-12(17)13(18)8-9/h2-8,14-16,19-20H,1H3/t14-,15+,16?/m0/s1. The number of hydrogen-bond acceptors (Lipinski definition) is 2. The molecule has 0 heterocycles. The lowest BCUT2D eigenvalue weighted by Crippen LogP contribution is -2.28. The molecular formula is C16H15Cl2NO. The number of fused-ring (bicyclic) bond motifs is 1. The zero-order valence-corrected chi connectivity index (χ0v) is 12.5. The van der Waals surface area contributed by atoms with E-state index >= 15 is 0 Å². The van der Waals surface area contributed by atoms with Crippen molar-refractivity contribution in [1.29, 1.82) is 0 Å². The SMILES string of the molecule is CN[C@@H]1c2ccccc2[C@H](c2ccc(Cl)c(Cl)c2)C1O. The molecule has 104 valence electrons. The van der Waals surface area contributed by atoms with Gasteiger partial charge in [-0.25, -0.2) is 0 Å². The zero-order valence-electron chi connectivity index (χ0n) is 11.0. The monoisotopic (exact) mass is 307 g/mol. The van der Waals surface area contributed by atoms with Crippen LogP contribution in [0.15, 0.2) is 42.5 Å². The molecule has 0 saturated heterocycles. The summed E-state index contributed by atoms with van der Waals surface area (Å²) >= 11 is 12.1. The van der Waals surface area contributed by atoms with Crippen LogP contribution >= 0.6 is 23.2 Å². The summed E-state index contributed by atoms with van der Waals surface area (Å²) in [6.45, 7) is 0. The third-order valence-electron chi connectivity index (χ3n) is 3.96. The van der Waals surface area contributed by atoms with Gasteiger partial charge >= 0.3 is 0 Å². The Morgan fingerprint density at radius 2 is 1.70 bits per heavy atom. The van der Waals surface area contributed by atoms with Crippen molar-refractivity contribution in [2.45, 2.75) is 18.1 Å². The Bertz CT molecular complexity index is 644. The van der Waals surface area contributed by atoms with Crippen molar-refractivity contribution in [1.82, 2.24) is 5.32 Å². The van der Waals surface area contributed by atoms with Gasteiger partial charge in [0.2, 0.25) is 0 Å². The normalized spacial score (nSPS) is 24.7. The van der Waals surface area contributed by atoms with Gasteiger partial charge in [0.15, 0.2) is 0 Å². The number of rotatable bonds is 2. The van der Waals surface area contributed by atoms with Crippen LogP contribution in [-0.4, -0.2) is 18.3 Å². The first-order valence-electron chi connectivity index (χ1n) is 6.52. The number of aliphatic hydroxyl groups is 1. The summed E-state index contributed by atoms with van der Waals surface area (Å²) in [5, 5.41) is 14.9. The first kappa shape index (κ1) is 13.9. The van der Waals surface area contributed by atoms with Crippen LogP contribution in [0.3, 0.4) is 0 Å². The highest BCUT2D eigenvalue weighted by Gasteiger charge is 2.39. The lowest BCUT2D eigenvalue weighted by Gasteiger charge is -2.20. The van der Waals surface area contributed by atoms with Crippen LogP contribution < -0.4 is 5.32 Å². The van der Waals surface area contributed by atoms with Gasteiger partial charge in [0.05, 0.1) is 22.2 Å². The predicted molar refractivity (Wildman–Crippen MR) is 82.6 cm³/mol. The van der Waals surface area contributed by atoms with Gasteiger partial charge < -0.3 is 10.4 Å². The molecule has 0 bridgehead atoms. The molecule has 2 aromatic rings. The van der Waals surface area contributed by atoms with Crippen molar-refractivity contribution < 1.29 is 5.11 Å². The quantitative estimate of drug-likeness (QED) is 0.885. The summed E-state index contributed by atoms with van der Waals surface area (Å²) in [4.78, 5) is 0. The van der Waals surface area contributed by atoms with Crippen LogP contribution in [0.5, 0.6) is 0 Å². The van der Waals surface area contributed by atoms with Gasteiger partial charge in [0.25, 0.3) is 0 Å². The number of halogens is 2. The zero-order chi connectivity index (χ0) is 14.3. The molecule has 1 unspecified atom stereocenters. The van der Waals surface area contributed by atoms with Crippen molar-refractivity contribution in [2.24, 2.45) is 0 Å². The molecule has 2 aromatic carbocycles. The summed E-state index contributed by atoms with van der Waals surface area (Å²) in [7, 11) is 1.86. The molecule has 1 aliphatic carbocycles. The lowest BCUT2D eigenvalue weighted by atomic mass is 9.91. The van der Waals surface area contributed by atoms with Gasteiger partial charge in [-0.1, -0.05) is 53.5 Å². The van der Waals surface area contributed by atoms with Crippen LogP contribution in [0.1, 0.15) is 28.7 Å². The third-order valence-corrected chi connectivity index (χ3v) is 4.70. The lowest BCUT2D eigenvalue weighted by molar-refractivity contribution is 0.130. The van der Waals surface area contributed by atoms with Crippen molar-refractivity contribution in [3.05, 3.63) is 69.2 Å². The van der Waals surface area contributed by atoms with Crippen molar-refractivity contribution in [3.63, 3.8) is 0 Å². The maximum atomic E-state index is 10.6. The maximum Gasteiger partial charge on any atom is 0.0843 e. The molecule has 0 radical (unpaired) electrons. The van der Waals surface area contributed by atoms with E-state index in [9.17, 15) is 5.11 Å². The second-order valence-electron chi connectivity index (χ2n) is 5.04. The van der Waals surface area contributed by atoms with E-state index in [0.29, 0.717) is 10.0 Å². The number of benzene rings is 2. The minimum atomic E-state index is -0.519. The fraction of sp³-hybridized carbons (Fsp3) is 0.250. The van der Waals surface area contributed by atoms with Crippen LogP contribution in [0.2, 0.25) is 10.0 Å². The fourth-order valence-corrected chi connectivity index (χ4v) is 3.35. The van der Waals surface area contributed by atoms with Gasteiger partial charge in [-0.3, -0.25) is 0 Å². The van der Waals surface area contributed by atoms with E-state index < -0.39 is 6.10 Å². The molecular weight excluding hydrogens is 293 g/mol. The van der Waals surface area contributed by atoms with Crippen LogP contribution in [0.25, 0.3) is 0 Å². The fourth-order valence-electron chi connectivity index (χ4n) is 3.05. The molecule has 0 amide bonds. The molecule has 3 rings (SSSR count). The molecule has 0 fully saturated rings. The molecule has 0 spiro atoms. The number of likely N-dealkylation sites (N-methyl/N-ethyl adjacent to an activating group) is 1. The van der Waals surface area contributed by atoms with Crippen molar-refractivity contribution in [3.8, 4) is 0 Å². The number of hydrogen-bond donors (Lipinski definition) is 2. The van der Waals surface area contributed by atoms with Crippen LogP contribution in [0, 0.1) is 0 Å². The van der Waals surface area contributed by atoms with E-state index in [0.717, 1.165) is 16.7 Å². The van der Waals surface area contributed by atoms with E-state index in [2.05, 4.69) is 17.4 Å². The predicted octanol–water partition coefficient (Wildman–Crippen LogP) is 3.76. The molecule has 4 heteroatoms. The molecule has 2 N–H and O–H groups in total. The molecule has 3 atom stereocenters. The Morgan fingerprint density at radius 3 is 2.35 bits per heavy atom. The number of nitrogens with one attached hydrogen (secondary N) is 1. The first-order chi connectivity index (χ1) is 9.63. The molecule has 1 aliphatic rings. The molecule has 0 saturated carbocycles. The average Bonchev–Trinajstić information content (AvgIpc) is 2.73. The van der Waals surface area contributed by atoms with Gasteiger partial charge in [-0.15, -0.1) is 0 Å². The highest BCUT2D eigenvalue weighted by molar-refractivity contribution is 6.42. The molecule has 2 nitrogen and oxygen atoms in total. The van der Waals surface area contributed by atoms with Gasteiger partial charge in [0.1, 0.15) is 0 Å². The Labute approximate surface area is 128 Å².